The van der Waals surface area contributed by atoms with Crippen LogP contribution in [0.25, 0.3) is 0 Å². The lowest BCUT2D eigenvalue weighted by Gasteiger charge is -2.15. The Morgan fingerprint density at radius 3 is 2.80 bits per heavy atom. The molecule has 0 saturated heterocycles. The minimum atomic E-state index is -0.353. The third-order valence-corrected chi connectivity index (χ3v) is 3.05. The first kappa shape index (κ1) is 11.9. The number of nitrogens with zero attached hydrogens (tertiary/aromatic N) is 1. The van der Waals surface area contributed by atoms with Crippen LogP contribution >= 0.6 is 23.6 Å². The number of esters is 1. The number of methoxy groups -OCH3 is 1. The van der Waals surface area contributed by atoms with Crippen LogP contribution in [-0.2, 0) is 4.74 Å². The van der Waals surface area contributed by atoms with Crippen molar-refractivity contribution in [3.8, 4) is 0 Å². The number of thiophene rings is 1. The Kier molecular flexibility index (Phi) is 4.05. The van der Waals surface area contributed by atoms with Gasteiger partial charge in [-0.15, -0.1) is 11.3 Å². The molecule has 0 aromatic carbocycles. The second kappa shape index (κ2) is 5.09. The quantitative estimate of drug-likeness (QED) is 0.634. The highest BCUT2D eigenvalue weighted by Crippen LogP contribution is 2.23. The Hall–Kier alpha value is -1.14. The molecule has 6 heteroatoms. The standard InChI is InChI=1S/C9H12N2O2S2/c1-11(2)9(14)10-6-4-5-15-7(6)8(12)13-3/h4-5H,1-3H3,(H,10,14). The van der Waals surface area contributed by atoms with E-state index in [1.54, 1.807) is 11.0 Å². The summed E-state index contributed by atoms with van der Waals surface area (Å²) in [7, 11) is 5.02. The third kappa shape index (κ3) is 2.90. The molecule has 0 unspecified atom stereocenters. The van der Waals surface area contributed by atoms with Gasteiger partial charge in [-0.1, -0.05) is 0 Å². The summed E-state index contributed by atoms with van der Waals surface area (Å²) in [5.74, 6) is -0.353. The number of hydrogen-bond donors (Lipinski definition) is 1. The van der Waals surface area contributed by atoms with Gasteiger partial charge in [0, 0.05) is 14.1 Å². The minimum Gasteiger partial charge on any atom is -0.465 e. The molecular formula is C9H12N2O2S2. The molecule has 0 aliphatic rings. The van der Waals surface area contributed by atoms with E-state index < -0.39 is 0 Å². The van der Waals surface area contributed by atoms with Crippen molar-refractivity contribution in [3.05, 3.63) is 16.3 Å². The first-order valence-electron chi connectivity index (χ1n) is 4.20. The number of rotatable bonds is 2. The molecule has 1 aromatic rings. The Morgan fingerprint density at radius 1 is 1.60 bits per heavy atom. The van der Waals surface area contributed by atoms with Gasteiger partial charge in [-0.05, 0) is 23.7 Å². The van der Waals surface area contributed by atoms with Crippen molar-refractivity contribution < 1.29 is 9.53 Å². The molecule has 1 aromatic heterocycles. The van der Waals surface area contributed by atoms with Crippen molar-refractivity contribution in [1.29, 1.82) is 0 Å². The molecular weight excluding hydrogens is 232 g/mol. The summed E-state index contributed by atoms with van der Waals surface area (Å²) < 4.78 is 4.65. The lowest BCUT2D eigenvalue weighted by Crippen LogP contribution is -2.27. The SMILES string of the molecule is COC(=O)c1sccc1NC(=S)N(C)C. The molecule has 1 N–H and O–H groups in total. The Labute approximate surface area is 97.8 Å². The zero-order chi connectivity index (χ0) is 11.4. The van der Waals surface area contributed by atoms with Gasteiger partial charge in [-0.2, -0.15) is 0 Å². The van der Waals surface area contributed by atoms with Crippen LogP contribution in [0.4, 0.5) is 5.69 Å². The Bertz CT molecular complexity index is 374. The predicted molar refractivity (Wildman–Crippen MR) is 65.6 cm³/mol. The fourth-order valence-corrected chi connectivity index (χ4v) is 1.76. The fraction of sp³-hybridized carbons (Fsp3) is 0.333. The summed E-state index contributed by atoms with van der Waals surface area (Å²) in [6, 6.07) is 1.80. The molecule has 0 radical (unpaired) electrons. The number of hydrogen-bond acceptors (Lipinski definition) is 4. The van der Waals surface area contributed by atoms with Crippen molar-refractivity contribution in [1.82, 2.24) is 4.90 Å². The summed E-state index contributed by atoms with van der Waals surface area (Å²) in [6.07, 6.45) is 0. The van der Waals surface area contributed by atoms with E-state index in [1.807, 2.05) is 19.5 Å². The fourth-order valence-electron chi connectivity index (χ4n) is 0.885. The smallest absolute Gasteiger partial charge is 0.350 e. The van der Waals surface area contributed by atoms with Crippen molar-refractivity contribution in [3.63, 3.8) is 0 Å². The molecule has 15 heavy (non-hydrogen) atoms. The first-order chi connectivity index (χ1) is 7.06. The average Bonchev–Trinajstić information content (AvgIpc) is 2.64. The minimum absolute atomic E-state index is 0.353. The normalized spacial score (nSPS) is 9.53. The van der Waals surface area contributed by atoms with Crippen molar-refractivity contribution in [2.75, 3.05) is 26.5 Å². The molecule has 0 fully saturated rings. The van der Waals surface area contributed by atoms with Crippen molar-refractivity contribution in [2.45, 2.75) is 0 Å². The molecule has 1 rings (SSSR count). The number of carbonyl (C=O) groups is 1. The van der Waals surface area contributed by atoms with Gasteiger partial charge in [-0.25, -0.2) is 4.79 Å². The maximum absolute atomic E-state index is 11.3. The van der Waals surface area contributed by atoms with E-state index in [2.05, 4.69) is 10.1 Å². The van der Waals surface area contributed by atoms with E-state index in [0.717, 1.165) is 0 Å². The molecule has 82 valence electrons. The maximum atomic E-state index is 11.3. The van der Waals surface area contributed by atoms with E-state index in [9.17, 15) is 4.79 Å². The van der Waals surface area contributed by atoms with Gasteiger partial charge >= 0.3 is 5.97 Å². The van der Waals surface area contributed by atoms with Gasteiger partial charge in [0.25, 0.3) is 0 Å². The maximum Gasteiger partial charge on any atom is 0.350 e. The second-order valence-corrected chi connectivity index (χ2v) is 4.28. The van der Waals surface area contributed by atoms with Crippen LogP contribution in [0, 0.1) is 0 Å². The summed E-state index contributed by atoms with van der Waals surface area (Å²) in [5.41, 5.74) is 0.686. The summed E-state index contributed by atoms with van der Waals surface area (Å²) >= 11 is 6.40. The van der Waals surface area contributed by atoms with Gasteiger partial charge in [0.05, 0.1) is 12.8 Å². The molecule has 0 spiro atoms. The van der Waals surface area contributed by atoms with Crippen LogP contribution in [0.5, 0.6) is 0 Å². The van der Waals surface area contributed by atoms with Crippen molar-refractivity contribution >= 4 is 40.3 Å². The summed E-state index contributed by atoms with van der Waals surface area (Å²) in [6.45, 7) is 0. The monoisotopic (exact) mass is 244 g/mol. The third-order valence-electron chi connectivity index (χ3n) is 1.68. The Morgan fingerprint density at radius 2 is 2.27 bits per heavy atom. The summed E-state index contributed by atoms with van der Waals surface area (Å²) in [4.78, 5) is 13.6. The molecule has 0 aliphatic heterocycles. The lowest BCUT2D eigenvalue weighted by molar-refractivity contribution is 0.0607. The molecule has 1 heterocycles. The molecule has 0 aliphatic carbocycles. The van der Waals surface area contributed by atoms with E-state index in [1.165, 1.54) is 18.4 Å². The highest BCUT2D eigenvalue weighted by Gasteiger charge is 2.14. The average molecular weight is 244 g/mol. The number of nitrogens with one attached hydrogen (secondary N) is 1. The van der Waals surface area contributed by atoms with Crippen LogP contribution < -0.4 is 5.32 Å². The highest BCUT2D eigenvalue weighted by molar-refractivity contribution is 7.80. The first-order valence-corrected chi connectivity index (χ1v) is 5.49. The van der Waals surface area contributed by atoms with E-state index in [4.69, 9.17) is 12.2 Å². The number of carbonyl (C=O) groups excluding carboxylic acids is 1. The van der Waals surface area contributed by atoms with Crippen LogP contribution in [0.15, 0.2) is 11.4 Å². The molecule has 0 bridgehead atoms. The lowest BCUT2D eigenvalue weighted by atomic mass is 10.4. The van der Waals surface area contributed by atoms with Crippen molar-refractivity contribution in [2.24, 2.45) is 0 Å². The number of ether oxygens (including phenoxy) is 1. The largest absolute Gasteiger partial charge is 0.465 e. The van der Waals surface area contributed by atoms with E-state index >= 15 is 0 Å². The molecule has 0 amide bonds. The van der Waals surface area contributed by atoms with Crippen LogP contribution in [0.2, 0.25) is 0 Å². The van der Waals surface area contributed by atoms with Crippen LogP contribution in [0.3, 0.4) is 0 Å². The zero-order valence-corrected chi connectivity index (χ0v) is 10.4. The van der Waals surface area contributed by atoms with Gasteiger partial charge < -0.3 is 15.0 Å². The predicted octanol–water partition coefficient (Wildman–Crippen LogP) is 1.79. The van der Waals surface area contributed by atoms with Gasteiger partial charge in [0.15, 0.2) is 5.11 Å². The Balaban J connectivity index is 2.82. The van der Waals surface area contributed by atoms with E-state index in [0.29, 0.717) is 15.7 Å². The number of anilines is 1. The molecule has 0 saturated carbocycles. The second-order valence-electron chi connectivity index (χ2n) is 2.98. The van der Waals surface area contributed by atoms with Crippen LogP contribution in [-0.4, -0.2) is 37.2 Å². The highest BCUT2D eigenvalue weighted by atomic mass is 32.1. The topological polar surface area (TPSA) is 41.6 Å². The molecule has 0 atom stereocenters. The molecule has 4 nitrogen and oxygen atoms in total. The zero-order valence-electron chi connectivity index (χ0n) is 8.73. The van der Waals surface area contributed by atoms with E-state index in [-0.39, 0.29) is 5.97 Å². The number of thiocarbonyl (C=S) groups is 1. The summed E-state index contributed by atoms with van der Waals surface area (Å²) in [5, 5.41) is 5.34. The van der Waals surface area contributed by atoms with Gasteiger partial charge in [0.2, 0.25) is 0 Å². The van der Waals surface area contributed by atoms with Gasteiger partial charge in [-0.3, -0.25) is 0 Å². The van der Waals surface area contributed by atoms with Crippen LogP contribution in [0.1, 0.15) is 9.67 Å². The van der Waals surface area contributed by atoms with Gasteiger partial charge in [0.1, 0.15) is 4.88 Å².